The van der Waals surface area contributed by atoms with Crippen LogP contribution in [0.2, 0.25) is 0 Å². The van der Waals surface area contributed by atoms with E-state index in [1.807, 2.05) is 12.1 Å². The largest absolute Gasteiger partial charge is 0.355 e. The number of hydrogen-bond donors (Lipinski definition) is 2. The number of nitriles is 1. The molecule has 26 heavy (non-hydrogen) atoms. The number of anilines is 2. The van der Waals surface area contributed by atoms with Crippen LogP contribution in [0.5, 0.6) is 0 Å². The van der Waals surface area contributed by atoms with E-state index in [0.717, 1.165) is 11.8 Å². The van der Waals surface area contributed by atoms with Crippen molar-refractivity contribution in [3.8, 4) is 6.07 Å². The quantitative estimate of drug-likeness (QED) is 0.352. The summed E-state index contributed by atoms with van der Waals surface area (Å²) in [4.78, 5) is 22.7. The third-order valence-corrected chi connectivity index (χ3v) is 3.67. The van der Waals surface area contributed by atoms with Crippen LogP contribution in [0.3, 0.4) is 0 Å². The van der Waals surface area contributed by atoms with Crippen molar-refractivity contribution in [1.29, 1.82) is 5.26 Å². The van der Waals surface area contributed by atoms with Crippen LogP contribution in [0, 0.1) is 21.4 Å². The maximum absolute atomic E-state index is 12.2. The smallest absolute Gasteiger partial charge is 0.292 e. The normalized spacial score (nSPS) is 10.9. The van der Waals surface area contributed by atoms with Crippen LogP contribution in [0.4, 0.5) is 17.1 Å². The summed E-state index contributed by atoms with van der Waals surface area (Å²) in [5.41, 5.74) is 1.55. The molecular formula is C19H18N4O3. The number of rotatable bonds is 6. The lowest BCUT2D eigenvalue weighted by molar-refractivity contribution is -0.383. The van der Waals surface area contributed by atoms with Gasteiger partial charge in [-0.3, -0.25) is 14.9 Å². The van der Waals surface area contributed by atoms with Gasteiger partial charge in [0.25, 0.3) is 11.6 Å². The SMILES string of the molecule is CC(C)c1ccc(NC(=O)/C(C#N)=C\Nc2ccccc2[N+](=O)[O-])cc1. The molecule has 132 valence electrons. The number of carbonyl (C=O) groups excluding carboxylic acids is 1. The zero-order chi connectivity index (χ0) is 19.1. The topological polar surface area (TPSA) is 108 Å². The van der Waals surface area contributed by atoms with Crippen molar-refractivity contribution in [2.75, 3.05) is 10.6 Å². The van der Waals surface area contributed by atoms with Gasteiger partial charge in [-0.1, -0.05) is 38.1 Å². The van der Waals surface area contributed by atoms with Gasteiger partial charge < -0.3 is 10.6 Å². The molecule has 7 heteroatoms. The van der Waals surface area contributed by atoms with Crippen LogP contribution in [-0.4, -0.2) is 10.8 Å². The van der Waals surface area contributed by atoms with Crippen molar-refractivity contribution < 1.29 is 9.72 Å². The number of amides is 1. The molecule has 0 saturated carbocycles. The summed E-state index contributed by atoms with van der Waals surface area (Å²) in [6, 6.07) is 15.1. The lowest BCUT2D eigenvalue weighted by Crippen LogP contribution is -2.14. The van der Waals surface area contributed by atoms with E-state index in [1.54, 1.807) is 24.3 Å². The number of hydrogen-bond acceptors (Lipinski definition) is 5. The molecule has 0 saturated heterocycles. The molecule has 2 aromatic rings. The Labute approximate surface area is 151 Å². The van der Waals surface area contributed by atoms with Crippen LogP contribution in [-0.2, 0) is 4.79 Å². The van der Waals surface area contributed by atoms with E-state index in [-0.39, 0.29) is 16.9 Å². The zero-order valence-electron chi connectivity index (χ0n) is 14.4. The van der Waals surface area contributed by atoms with Gasteiger partial charge >= 0.3 is 0 Å². The Hall–Kier alpha value is -3.66. The van der Waals surface area contributed by atoms with Gasteiger partial charge in [-0.2, -0.15) is 5.26 Å². The molecule has 0 aromatic heterocycles. The first kappa shape index (κ1) is 18.7. The molecule has 0 atom stereocenters. The minimum atomic E-state index is -0.601. The van der Waals surface area contributed by atoms with Gasteiger partial charge in [0.1, 0.15) is 17.3 Å². The standard InChI is InChI=1S/C19H18N4O3/c1-13(2)14-7-9-16(10-8-14)22-19(24)15(11-20)12-21-17-5-3-4-6-18(17)23(25)26/h3-10,12-13,21H,1-2H3,(H,22,24)/b15-12-. The summed E-state index contributed by atoms with van der Waals surface area (Å²) in [6.07, 6.45) is 1.15. The van der Waals surface area contributed by atoms with Gasteiger partial charge in [0.15, 0.2) is 0 Å². The monoisotopic (exact) mass is 350 g/mol. The summed E-state index contributed by atoms with van der Waals surface area (Å²) in [5.74, 6) is -0.226. The minimum absolute atomic E-state index is 0.147. The van der Waals surface area contributed by atoms with Crippen molar-refractivity contribution in [3.63, 3.8) is 0 Å². The number of benzene rings is 2. The Bertz CT molecular complexity index is 880. The van der Waals surface area contributed by atoms with Gasteiger partial charge in [-0.05, 0) is 29.7 Å². The molecule has 0 aliphatic heterocycles. The summed E-state index contributed by atoms with van der Waals surface area (Å²) in [7, 11) is 0. The Kier molecular flexibility index (Phi) is 6.06. The predicted octanol–water partition coefficient (Wildman–Crippen LogP) is 4.18. The molecule has 0 bridgehead atoms. The molecule has 7 nitrogen and oxygen atoms in total. The molecular weight excluding hydrogens is 332 g/mol. The number of carbonyl (C=O) groups is 1. The highest BCUT2D eigenvalue weighted by atomic mass is 16.6. The van der Waals surface area contributed by atoms with Crippen LogP contribution >= 0.6 is 0 Å². The van der Waals surface area contributed by atoms with E-state index >= 15 is 0 Å². The average molecular weight is 350 g/mol. The first-order chi connectivity index (χ1) is 12.4. The minimum Gasteiger partial charge on any atom is -0.355 e. The number of nitro groups is 1. The van der Waals surface area contributed by atoms with Crippen molar-refractivity contribution in [1.82, 2.24) is 0 Å². The Balaban J connectivity index is 2.12. The summed E-state index contributed by atoms with van der Waals surface area (Å²) >= 11 is 0. The fourth-order valence-electron chi connectivity index (χ4n) is 2.20. The lowest BCUT2D eigenvalue weighted by Gasteiger charge is -2.08. The van der Waals surface area contributed by atoms with E-state index in [1.165, 1.54) is 18.2 Å². The van der Waals surface area contributed by atoms with Gasteiger partial charge in [-0.25, -0.2) is 0 Å². The second-order valence-corrected chi connectivity index (χ2v) is 5.82. The molecule has 0 fully saturated rings. The van der Waals surface area contributed by atoms with Crippen LogP contribution in [0.1, 0.15) is 25.3 Å². The third kappa shape index (κ3) is 4.68. The van der Waals surface area contributed by atoms with Gasteiger partial charge in [0.05, 0.1) is 4.92 Å². The molecule has 2 N–H and O–H groups in total. The Morgan fingerprint density at radius 1 is 1.19 bits per heavy atom. The lowest BCUT2D eigenvalue weighted by atomic mass is 10.0. The van der Waals surface area contributed by atoms with Crippen molar-refractivity contribution in [2.24, 2.45) is 0 Å². The molecule has 0 aliphatic rings. The number of nitrogens with zero attached hydrogens (tertiary/aromatic N) is 2. The van der Waals surface area contributed by atoms with Gasteiger partial charge in [-0.15, -0.1) is 0 Å². The first-order valence-electron chi connectivity index (χ1n) is 7.94. The molecule has 1 amide bonds. The van der Waals surface area contributed by atoms with Gasteiger partial charge in [0, 0.05) is 18.0 Å². The van der Waals surface area contributed by atoms with E-state index in [0.29, 0.717) is 11.6 Å². The Morgan fingerprint density at radius 3 is 2.42 bits per heavy atom. The predicted molar refractivity (Wildman–Crippen MR) is 99.6 cm³/mol. The summed E-state index contributed by atoms with van der Waals surface area (Å²) in [5, 5.41) is 25.5. The van der Waals surface area contributed by atoms with Crippen molar-refractivity contribution in [2.45, 2.75) is 19.8 Å². The highest BCUT2D eigenvalue weighted by Gasteiger charge is 2.13. The summed E-state index contributed by atoms with van der Waals surface area (Å²) < 4.78 is 0. The molecule has 0 unspecified atom stereocenters. The maximum Gasteiger partial charge on any atom is 0.292 e. The summed E-state index contributed by atoms with van der Waals surface area (Å²) in [6.45, 7) is 4.14. The van der Waals surface area contributed by atoms with Crippen LogP contribution in [0.25, 0.3) is 0 Å². The fourth-order valence-corrected chi connectivity index (χ4v) is 2.20. The number of nitrogens with one attached hydrogen (secondary N) is 2. The molecule has 0 heterocycles. The fraction of sp³-hybridized carbons (Fsp3) is 0.158. The van der Waals surface area contributed by atoms with E-state index in [4.69, 9.17) is 0 Å². The van der Waals surface area contributed by atoms with Gasteiger partial charge in [0.2, 0.25) is 0 Å². The molecule has 0 aliphatic carbocycles. The van der Waals surface area contributed by atoms with E-state index in [2.05, 4.69) is 24.5 Å². The van der Waals surface area contributed by atoms with E-state index < -0.39 is 10.8 Å². The number of para-hydroxylation sites is 2. The highest BCUT2D eigenvalue weighted by molar-refractivity contribution is 6.06. The molecule has 2 aromatic carbocycles. The van der Waals surface area contributed by atoms with Crippen molar-refractivity contribution in [3.05, 3.63) is 76.0 Å². The molecule has 2 rings (SSSR count). The second-order valence-electron chi connectivity index (χ2n) is 5.82. The Morgan fingerprint density at radius 2 is 1.85 bits per heavy atom. The van der Waals surface area contributed by atoms with Crippen molar-refractivity contribution >= 4 is 23.0 Å². The number of nitro benzene ring substituents is 1. The maximum atomic E-state index is 12.2. The zero-order valence-corrected chi connectivity index (χ0v) is 14.4. The van der Waals surface area contributed by atoms with E-state index in [9.17, 15) is 20.2 Å². The first-order valence-corrected chi connectivity index (χ1v) is 7.94. The highest BCUT2D eigenvalue weighted by Crippen LogP contribution is 2.23. The second kappa shape index (κ2) is 8.44. The molecule has 0 radical (unpaired) electrons. The third-order valence-electron chi connectivity index (χ3n) is 3.67. The molecule has 0 spiro atoms. The van der Waals surface area contributed by atoms with Crippen LogP contribution in [0.15, 0.2) is 60.3 Å². The average Bonchev–Trinajstić information content (AvgIpc) is 2.63. The van der Waals surface area contributed by atoms with Crippen LogP contribution < -0.4 is 10.6 Å².